The van der Waals surface area contributed by atoms with Crippen LogP contribution in [0, 0.1) is 0 Å². The van der Waals surface area contributed by atoms with Crippen LogP contribution in [-0.4, -0.2) is 47.6 Å². The maximum absolute atomic E-state index is 11.5. The molecule has 1 aliphatic rings. The van der Waals surface area contributed by atoms with Gasteiger partial charge >= 0.3 is 5.97 Å². The minimum atomic E-state index is -0.778. The normalized spacial score (nSPS) is 19.9. The molecule has 0 bridgehead atoms. The molecule has 1 atom stereocenters. The van der Waals surface area contributed by atoms with Crippen LogP contribution in [0.15, 0.2) is 0 Å². The zero-order valence-electron chi connectivity index (χ0n) is 9.91. The molecule has 3 N–H and O–H groups in total. The first kappa shape index (κ1) is 14.3. The molecule has 0 aromatic carbocycles. The number of carbonyl (C=O) groups excluding carboxylic acids is 1. The van der Waals surface area contributed by atoms with E-state index < -0.39 is 5.97 Å². The monoisotopic (exact) mass is 260 g/mol. The Labute approximate surface area is 106 Å². The van der Waals surface area contributed by atoms with Crippen LogP contribution in [0.25, 0.3) is 0 Å². The van der Waals surface area contributed by atoms with Crippen molar-refractivity contribution in [3.63, 3.8) is 0 Å². The molecule has 0 saturated carbocycles. The van der Waals surface area contributed by atoms with E-state index in [1.807, 2.05) is 11.8 Å². The molecule has 98 valence electrons. The van der Waals surface area contributed by atoms with Crippen molar-refractivity contribution in [2.24, 2.45) is 0 Å². The summed E-state index contributed by atoms with van der Waals surface area (Å²) >= 11 is 1.87. The number of rotatable bonds is 7. The lowest BCUT2D eigenvalue weighted by molar-refractivity contribution is -0.137. The first-order valence-corrected chi connectivity index (χ1v) is 7.13. The zero-order valence-corrected chi connectivity index (χ0v) is 10.7. The van der Waals surface area contributed by atoms with Crippen LogP contribution in [-0.2, 0) is 9.59 Å². The molecular weight excluding hydrogens is 240 g/mol. The van der Waals surface area contributed by atoms with E-state index in [-0.39, 0.29) is 18.4 Å². The molecule has 0 aromatic rings. The quantitative estimate of drug-likeness (QED) is 0.579. The van der Waals surface area contributed by atoms with Gasteiger partial charge < -0.3 is 15.7 Å². The number of carboxylic acid groups (broad SMARTS) is 1. The lowest BCUT2D eigenvalue weighted by Crippen LogP contribution is -2.41. The van der Waals surface area contributed by atoms with Crippen molar-refractivity contribution in [3.8, 4) is 0 Å². The fraction of sp³-hybridized carbons (Fsp3) is 0.818. The number of thioether (sulfide) groups is 1. The Balaban J connectivity index is 1.98. The van der Waals surface area contributed by atoms with Gasteiger partial charge in [0.2, 0.25) is 5.91 Å². The van der Waals surface area contributed by atoms with Gasteiger partial charge in [-0.3, -0.25) is 9.59 Å². The average molecular weight is 260 g/mol. The molecule has 0 radical (unpaired) electrons. The highest BCUT2D eigenvalue weighted by Crippen LogP contribution is 2.09. The fourth-order valence-corrected chi connectivity index (χ4v) is 2.62. The number of nitrogens with one attached hydrogen (secondary N) is 2. The van der Waals surface area contributed by atoms with Crippen molar-refractivity contribution >= 4 is 23.6 Å². The third-order valence-electron chi connectivity index (χ3n) is 2.57. The van der Waals surface area contributed by atoms with Crippen LogP contribution < -0.4 is 10.6 Å². The maximum Gasteiger partial charge on any atom is 0.303 e. The number of hydrogen-bond acceptors (Lipinski definition) is 4. The summed E-state index contributed by atoms with van der Waals surface area (Å²) in [5.41, 5.74) is 0. The van der Waals surface area contributed by atoms with Gasteiger partial charge in [-0.05, 0) is 12.8 Å². The number of amides is 1. The van der Waals surface area contributed by atoms with Crippen molar-refractivity contribution in [3.05, 3.63) is 0 Å². The summed E-state index contributed by atoms with van der Waals surface area (Å²) in [6, 6.07) is 0.285. The van der Waals surface area contributed by atoms with Gasteiger partial charge in [-0.1, -0.05) is 0 Å². The van der Waals surface area contributed by atoms with Crippen molar-refractivity contribution in [1.29, 1.82) is 0 Å². The lowest BCUT2D eigenvalue weighted by Gasteiger charge is -2.22. The van der Waals surface area contributed by atoms with E-state index >= 15 is 0 Å². The first-order valence-electron chi connectivity index (χ1n) is 5.98. The Morgan fingerprint density at radius 3 is 2.88 bits per heavy atom. The van der Waals surface area contributed by atoms with Crippen molar-refractivity contribution in [1.82, 2.24) is 10.6 Å². The van der Waals surface area contributed by atoms with Gasteiger partial charge in [0.15, 0.2) is 0 Å². The average Bonchev–Trinajstić information content (AvgIpc) is 2.29. The Kier molecular flexibility index (Phi) is 7.04. The van der Waals surface area contributed by atoms with Gasteiger partial charge in [-0.15, -0.1) is 0 Å². The SMILES string of the molecule is O=C(O)CCCCNC(=O)CC1CSCCN1. The highest BCUT2D eigenvalue weighted by atomic mass is 32.2. The van der Waals surface area contributed by atoms with Crippen molar-refractivity contribution in [2.45, 2.75) is 31.7 Å². The summed E-state index contributed by atoms with van der Waals surface area (Å²) in [6.45, 7) is 1.55. The van der Waals surface area contributed by atoms with Gasteiger partial charge in [-0.25, -0.2) is 0 Å². The standard InChI is InChI=1S/C11H20N2O3S/c14-10(7-9-8-17-6-5-12-9)13-4-2-1-3-11(15)16/h9,12H,1-8H2,(H,13,14)(H,15,16). The molecule has 6 heteroatoms. The van der Waals surface area contributed by atoms with Crippen LogP contribution in [0.3, 0.4) is 0 Å². The van der Waals surface area contributed by atoms with E-state index in [1.165, 1.54) is 0 Å². The predicted molar refractivity (Wildman–Crippen MR) is 68.2 cm³/mol. The zero-order chi connectivity index (χ0) is 12.5. The fourth-order valence-electron chi connectivity index (χ4n) is 1.68. The van der Waals surface area contributed by atoms with Crippen LogP contribution in [0.1, 0.15) is 25.7 Å². The van der Waals surface area contributed by atoms with Gasteiger partial charge in [0.05, 0.1) is 0 Å². The summed E-state index contributed by atoms with van der Waals surface area (Å²) < 4.78 is 0. The third kappa shape index (κ3) is 7.23. The molecule has 0 aromatic heterocycles. The second-order valence-corrected chi connectivity index (χ2v) is 5.28. The minimum absolute atomic E-state index is 0.0559. The van der Waals surface area contributed by atoms with Crippen LogP contribution in [0.5, 0.6) is 0 Å². The van der Waals surface area contributed by atoms with E-state index in [1.54, 1.807) is 0 Å². The van der Waals surface area contributed by atoms with E-state index in [0.29, 0.717) is 19.4 Å². The summed E-state index contributed by atoms with van der Waals surface area (Å²) in [7, 11) is 0. The summed E-state index contributed by atoms with van der Waals surface area (Å²) in [4.78, 5) is 21.8. The smallest absolute Gasteiger partial charge is 0.303 e. The van der Waals surface area contributed by atoms with Crippen LogP contribution in [0.4, 0.5) is 0 Å². The van der Waals surface area contributed by atoms with E-state index in [4.69, 9.17) is 5.11 Å². The first-order chi connectivity index (χ1) is 8.18. The molecule has 1 unspecified atom stereocenters. The molecule has 1 amide bonds. The van der Waals surface area contributed by atoms with Crippen molar-refractivity contribution < 1.29 is 14.7 Å². The number of hydrogen-bond donors (Lipinski definition) is 3. The molecule has 1 aliphatic heterocycles. The van der Waals surface area contributed by atoms with E-state index in [0.717, 1.165) is 24.5 Å². The molecule has 5 nitrogen and oxygen atoms in total. The molecule has 1 heterocycles. The van der Waals surface area contributed by atoms with Crippen LogP contribution in [0.2, 0.25) is 0 Å². The molecule has 17 heavy (non-hydrogen) atoms. The second kappa shape index (κ2) is 8.36. The Hall–Kier alpha value is -0.750. The molecule has 0 spiro atoms. The molecule has 0 aliphatic carbocycles. The topological polar surface area (TPSA) is 78.4 Å². The highest BCUT2D eigenvalue weighted by molar-refractivity contribution is 7.99. The summed E-state index contributed by atoms with van der Waals surface area (Å²) in [6.07, 6.45) is 2.04. The number of carboxylic acids is 1. The van der Waals surface area contributed by atoms with Crippen molar-refractivity contribution in [2.75, 3.05) is 24.6 Å². The predicted octanol–water partition coefficient (Wildman–Crippen LogP) is 0.453. The Morgan fingerprint density at radius 1 is 1.41 bits per heavy atom. The highest BCUT2D eigenvalue weighted by Gasteiger charge is 2.16. The minimum Gasteiger partial charge on any atom is -0.481 e. The Morgan fingerprint density at radius 2 is 2.24 bits per heavy atom. The van der Waals surface area contributed by atoms with Gasteiger partial charge in [0.25, 0.3) is 0 Å². The molecular formula is C11H20N2O3S. The second-order valence-electron chi connectivity index (χ2n) is 4.13. The molecule has 1 saturated heterocycles. The summed E-state index contributed by atoms with van der Waals surface area (Å²) in [5, 5.41) is 14.6. The largest absolute Gasteiger partial charge is 0.481 e. The van der Waals surface area contributed by atoms with Gasteiger partial charge in [0, 0.05) is 43.5 Å². The lowest BCUT2D eigenvalue weighted by atomic mass is 10.2. The van der Waals surface area contributed by atoms with Gasteiger partial charge in [-0.2, -0.15) is 11.8 Å². The maximum atomic E-state index is 11.5. The number of aliphatic carboxylic acids is 1. The van der Waals surface area contributed by atoms with E-state index in [2.05, 4.69) is 10.6 Å². The Bertz CT molecular complexity index is 255. The molecule has 1 rings (SSSR count). The number of carbonyl (C=O) groups is 2. The van der Waals surface area contributed by atoms with Crippen LogP contribution >= 0.6 is 11.8 Å². The summed E-state index contributed by atoms with van der Waals surface area (Å²) in [5.74, 6) is 1.39. The number of unbranched alkanes of at least 4 members (excludes halogenated alkanes) is 1. The van der Waals surface area contributed by atoms with E-state index in [9.17, 15) is 9.59 Å². The third-order valence-corrected chi connectivity index (χ3v) is 3.70. The van der Waals surface area contributed by atoms with Gasteiger partial charge in [0.1, 0.15) is 0 Å². The molecule has 1 fully saturated rings.